The van der Waals surface area contributed by atoms with Crippen LogP contribution in [-0.2, 0) is 4.79 Å². The first-order chi connectivity index (χ1) is 8.24. The van der Waals surface area contributed by atoms with Crippen molar-refractivity contribution in [2.24, 2.45) is 0 Å². The molecule has 0 amide bonds. The molecule has 0 aliphatic carbocycles. The van der Waals surface area contributed by atoms with Gasteiger partial charge in [0.25, 0.3) is 5.69 Å². The van der Waals surface area contributed by atoms with Crippen molar-refractivity contribution in [3.63, 3.8) is 0 Å². The van der Waals surface area contributed by atoms with Crippen molar-refractivity contribution >= 4 is 17.3 Å². The maximum atomic E-state index is 12.8. The van der Waals surface area contributed by atoms with E-state index in [1.54, 1.807) is 0 Å². The maximum absolute atomic E-state index is 12.8. The Hall–Kier alpha value is -2.22. The van der Waals surface area contributed by atoms with Crippen LogP contribution in [-0.4, -0.2) is 33.3 Å². The summed E-state index contributed by atoms with van der Waals surface area (Å²) in [6.07, 6.45) is 0. The lowest BCUT2D eigenvalue weighted by molar-refractivity contribution is -0.384. The molecule has 8 heteroatoms. The number of rotatable bonds is 5. The lowest BCUT2D eigenvalue weighted by Crippen LogP contribution is -2.41. The molecule has 0 aliphatic rings. The number of aliphatic carboxylic acids is 1. The Morgan fingerprint density at radius 3 is 2.72 bits per heavy atom. The van der Waals surface area contributed by atoms with Crippen molar-refractivity contribution in [3.05, 3.63) is 34.1 Å². The standard InChI is InChI=1S/C10H11FN2O5/c1-10(16,9(14)15)5-12-7-3-2-6(11)4-8(7)13(17)18/h2-4,12,16H,5H2,1H3,(H,14,15). The summed E-state index contributed by atoms with van der Waals surface area (Å²) in [6, 6.07) is 2.80. The Morgan fingerprint density at radius 1 is 1.61 bits per heavy atom. The fraction of sp³-hybridized carbons (Fsp3) is 0.300. The number of carboxylic acid groups (broad SMARTS) is 1. The Morgan fingerprint density at radius 2 is 2.22 bits per heavy atom. The van der Waals surface area contributed by atoms with Crippen molar-refractivity contribution < 1.29 is 24.3 Å². The van der Waals surface area contributed by atoms with E-state index in [-0.39, 0.29) is 5.69 Å². The van der Waals surface area contributed by atoms with Crippen molar-refractivity contribution in [1.29, 1.82) is 0 Å². The Labute approximate surface area is 101 Å². The van der Waals surface area contributed by atoms with Crippen molar-refractivity contribution in [2.75, 3.05) is 11.9 Å². The zero-order chi connectivity index (χ0) is 13.9. The average molecular weight is 258 g/mol. The van der Waals surface area contributed by atoms with Gasteiger partial charge in [0.05, 0.1) is 17.5 Å². The summed E-state index contributed by atoms with van der Waals surface area (Å²) in [5.74, 6) is -2.25. The number of nitrogens with one attached hydrogen (secondary N) is 1. The second-order valence-corrected chi connectivity index (χ2v) is 3.85. The number of nitrogens with zero attached hydrogens (tertiary/aromatic N) is 1. The second kappa shape index (κ2) is 4.96. The molecule has 0 spiro atoms. The highest BCUT2D eigenvalue weighted by molar-refractivity contribution is 5.77. The van der Waals surface area contributed by atoms with E-state index in [0.29, 0.717) is 6.07 Å². The first-order valence-corrected chi connectivity index (χ1v) is 4.87. The molecular weight excluding hydrogens is 247 g/mol. The number of halogens is 1. The molecule has 1 rings (SSSR count). The van der Waals surface area contributed by atoms with E-state index < -0.39 is 34.5 Å². The minimum absolute atomic E-state index is 0.0667. The first kappa shape index (κ1) is 13.8. The summed E-state index contributed by atoms with van der Waals surface area (Å²) in [5.41, 5.74) is -2.68. The van der Waals surface area contributed by atoms with Crippen LogP contribution in [0.5, 0.6) is 0 Å². The number of hydrogen-bond acceptors (Lipinski definition) is 5. The van der Waals surface area contributed by atoms with Crippen LogP contribution in [0.25, 0.3) is 0 Å². The van der Waals surface area contributed by atoms with Gasteiger partial charge in [0.1, 0.15) is 11.5 Å². The van der Waals surface area contributed by atoms with Gasteiger partial charge in [0.2, 0.25) is 0 Å². The van der Waals surface area contributed by atoms with Crippen LogP contribution in [0.2, 0.25) is 0 Å². The van der Waals surface area contributed by atoms with E-state index in [1.165, 1.54) is 0 Å². The highest BCUT2D eigenvalue weighted by atomic mass is 19.1. The first-order valence-electron chi connectivity index (χ1n) is 4.87. The normalized spacial score (nSPS) is 13.7. The van der Waals surface area contributed by atoms with E-state index in [4.69, 9.17) is 5.11 Å². The summed E-state index contributed by atoms with van der Waals surface area (Å²) in [4.78, 5) is 20.5. The average Bonchev–Trinajstić information content (AvgIpc) is 2.27. The van der Waals surface area contributed by atoms with Crippen LogP contribution in [0.15, 0.2) is 18.2 Å². The molecule has 98 valence electrons. The van der Waals surface area contributed by atoms with Crippen LogP contribution in [0.3, 0.4) is 0 Å². The third-order valence-corrected chi connectivity index (χ3v) is 2.24. The highest BCUT2D eigenvalue weighted by Crippen LogP contribution is 2.25. The number of carboxylic acids is 1. The van der Waals surface area contributed by atoms with Crippen molar-refractivity contribution in [1.82, 2.24) is 0 Å². The number of aliphatic hydroxyl groups is 1. The summed E-state index contributed by atoms with van der Waals surface area (Å²) < 4.78 is 12.8. The quantitative estimate of drug-likeness (QED) is 0.536. The monoisotopic (exact) mass is 258 g/mol. The number of hydrogen-bond donors (Lipinski definition) is 3. The fourth-order valence-corrected chi connectivity index (χ4v) is 1.15. The van der Waals surface area contributed by atoms with Gasteiger partial charge in [-0.15, -0.1) is 0 Å². The Bertz CT molecular complexity index is 489. The van der Waals surface area contributed by atoms with Crippen LogP contribution in [0.1, 0.15) is 6.92 Å². The zero-order valence-corrected chi connectivity index (χ0v) is 9.38. The molecule has 0 aliphatic heterocycles. The van der Waals surface area contributed by atoms with Gasteiger partial charge in [-0.25, -0.2) is 9.18 Å². The zero-order valence-electron chi connectivity index (χ0n) is 9.38. The van der Waals surface area contributed by atoms with Crippen LogP contribution in [0, 0.1) is 15.9 Å². The minimum Gasteiger partial charge on any atom is -0.479 e. The largest absolute Gasteiger partial charge is 0.479 e. The summed E-state index contributed by atoms with van der Waals surface area (Å²) in [7, 11) is 0. The number of nitro groups is 1. The highest BCUT2D eigenvalue weighted by Gasteiger charge is 2.30. The minimum atomic E-state index is -2.08. The van der Waals surface area contributed by atoms with Gasteiger partial charge in [-0.05, 0) is 19.1 Å². The molecule has 3 N–H and O–H groups in total. The van der Waals surface area contributed by atoms with E-state index in [9.17, 15) is 24.4 Å². The molecule has 0 saturated carbocycles. The number of nitro benzene ring substituents is 1. The third-order valence-electron chi connectivity index (χ3n) is 2.24. The Kier molecular flexibility index (Phi) is 3.82. The summed E-state index contributed by atoms with van der Waals surface area (Å²) in [5, 5.41) is 31.1. The predicted octanol–water partition coefficient (Wildman–Crippen LogP) is 0.981. The van der Waals surface area contributed by atoms with Crippen molar-refractivity contribution in [2.45, 2.75) is 12.5 Å². The van der Waals surface area contributed by atoms with E-state index in [2.05, 4.69) is 5.32 Å². The molecule has 0 radical (unpaired) electrons. The van der Waals surface area contributed by atoms with E-state index in [1.807, 2.05) is 0 Å². The van der Waals surface area contributed by atoms with Gasteiger partial charge in [0, 0.05) is 0 Å². The molecule has 1 atom stereocenters. The van der Waals surface area contributed by atoms with Gasteiger partial charge in [-0.2, -0.15) is 0 Å². The van der Waals surface area contributed by atoms with E-state index in [0.717, 1.165) is 19.1 Å². The summed E-state index contributed by atoms with van der Waals surface area (Å²) >= 11 is 0. The molecule has 7 nitrogen and oxygen atoms in total. The van der Waals surface area contributed by atoms with Gasteiger partial charge in [0.15, 0.2) is 5.60 Å². The van der Waals surface area contributed by atoms with Crippen LogP contribution >= 0.6 is 0 Å². The molecule has 1 unspecified atom stereocenters. The Balaban J connectivity index is 2.92. The smallest absolute Gasteiger partial charge is 0.337 e. The number of carbonyl (C=O) groups is 1. The molecule has 0 bridgehead atoms. The predicted molar refractivity (Wildman–Crippen MR) is 59.8 cm³/mol. The molecule has 0 aromatic heterocycles. The summed E-state index contributed by atoms with van der Waals surface area (Å²) in [6.45, 7) is 0.590. The topological polar surface area (TPSA) is 113 Å². The third kappa shape index (κ3) is 3.14. The van der Waals surface area contributed by atoms with Crippen molar-refractivity contribution in [3.8, 4) is 0 Å². The number of anilines is 1. The maximum Gasteiger partial charge on any atom is 0.337 e. The molecule has 1 aromatic rings. The second-order valence-electron chi connectivity index (χ2n) is 3.85. The lowest BCUT2D eigenvalue weighted by Gasteiger charge is -2.18. The molecular formula is C10H11FN2O5. The molecule has 0 heterocycles. The van der Waals surface area contributed by atoms with Crippen LogP contribution < -0.4 is 5.32 Å². The number of benzene rings is 1. The fourth-order valence-electron chi connectivity index (χ4n) is 1.15. The van der Waals surface area contributed by atoms with Gasteiger partial charge < -0.3 is 15.5 Å². The SMILES string of the molecule is CC(O)(CNc1ccc(F)cc1[N+](=O)[O-])C(=O)O. The molecule has 1 aromatic carbocycles. The molecule has 18 heavy (non-hydrogen) atoms. The van der Waals surface area contributed by atoms with Gasteiger partial charge >= 0.3 is 5.97 Å². The molecule has 0 fully saturated rings. The van der Waals surface area contributed by atoms with Gasteiger partial charge in [-0.3, -0.25) is 10.1 Å². The van der Waals surface area contributed by atoms with Crippen LogP contribution in [0.4, 0.5) is 15.8 Å². The van der Waals surface area contributed by atoms with E-state index >= 15 is 0 Å². The molecule has 0 saturated heterocycles. The van der Waals surface area contributed by atoms with Gasteiger partial charge in [-0.1, -0.05) is 0 Å². The lowest BCUT2D eigenvalue weighted by atomic mass is 10.1.